The van der Waals surface area contributed by atoms with Crippen LogP contribution < -0.4 is 10.6 Å². The number of anilines is 1. The second-order valence-electron chi connectivity index (χ2n) is 10.8. The number of benzene rings is 1. The standard InChI is InChI=1S/C32H31ClF2N6O2/c1-7-20-10-9-11-23(34)26(20)28-22(33)14-21-30(40-13-12-39(16-18(40)5)25(42)8-2)38-32(43)41(31(21)37-28)29-19(6)24(35)15-36-27(29)17(3)4/h7-11,14-15,17-18H,1-2,12-13,16H2,3-6H3/t18-/m0/s1. The van der Waals surface area contributed by atoms with Crippen LogP contribution in [0.3, 0.4) is 0 Å². The second kappa shape index (κ2) is 11.7. The highest BCUT2D eigenvalue weighted by molar-refractivity contribution is 6.34. The van der Waals surface area contributed by atoms with Gasteiger partial charge in [0.25, 0.3) is 0 Å². The van der Waals surface area contributed by atoms with Crippen molar-refractivity contribution in [3.63, 3.8) is 0 Å². The molecule has 0 saturated carbocycles. The third kappa shape index (κ3) is 5.20. The van der Waals surface area contributed by atoms with E-state index in [1.165, 1.54) is 22.8 Å². The number of piperazine rings is 1. The third-order valence-electron chi connectivity index (χ3n) is 7.73. The minimum Gasteiger partial charge on any atom is -0.350 e. The van der Waals surface area contributed by atoms with Crippen LogP contribution >= 0.6 is 11.6 Å². The lowest BCUT2D eigenvalue weighted by molar-refractivity contribution is -0.126. The molecule has 4 heterocycles. The summed E-state index contributed by atoms with van der Waals surface area (Å²) >= 11 is 6.81. The molecule has 0 N–H and O–H groups in total. The highest BCUT2D eigenvalue weighted by Crippen LogP contribution is 2.38. The maximum Gasteiger partial charge on any atom is 0.355 e. The molecule has 11 heteroatoms. The average molecular weight is 605 g/mol. The molecule has 1 aliphatic rings. The van der Waals surface area contributed by atoms with Crippen LogP contribution in [-0.2, 0) is 4.79 Å². The van der Waals surface area contributed by atoms with E-state index in [0.29, 0.717) is 42.1 Å². The van der Waals surface area contributed by atoms with Crippen molar-refractivity contribution in [2.24, 2.45) is 0 Å². The first kappa shape index (κ1) is 30.0. The summed E-state index contributed by atoms with van der Waals surface area (Å²) in [6, 6.07) is 5.89. The van der Waals surface area contributed by atoms with Gasteiger partial charge in [-0.05, 0) is 43.5 Å². The topological polar surface area (TPSA) is 84.2 Å². The number of carbonyl (C=O) groups excluding carboxylic acids is 1. The molecule has 0 spiro atoms. The summed E-state index contributed by atoms with van der Waals surface area (Å²) in [4.78, 5) is 43.5. The van der Waals surface area contributed by atoms with Gasteiger partial charge in [0, 0.05) is 36.8 Å². The molecule has 1 atom stereocenters. The normalized spacial score (nSPS) is 15.3. The number of hydrogen-bond acceptors (Lipinski definition) is 6. The molecule has 1 amide bonds. The monoisotopic (exact) mass is 604 g/mol. The second-order valence-corrected chi connectivity index (χ2v) is 11.2. The van der Waals surface area contributed by atoms with Crippen LogP contribution in [0.5, 0.6) is 0 Å². The summed E-state index contributed by atoms with van der Waals surface area (Å²) in [5.74, 6) is -1.24. The Morgan fingerprint density at radius 3 is 2.56 bits per heavy atom. The van der Waals surface area contributed by atoms with Crippen molar-refractivity contribution >= 4 is 40.4 Å². The molecule has 3 aromatic heterocycles. The first-order valence-electron chi connectivity index (χ1n) is 13.9. The van der Waals surface area contributed by atoms with E-state index in [9.17, 15) is 9.59 Å². The van der Waals surface area contributed by atoms with E-state index >= 15 is 8.78 Å². The predicted molar refractivity (Wildman–Crippen MR) is 166 cm³/mol. The van der Waals surface area contributed by atoms with Crippen LogP contribution in [0.2, 0.25) is 5.02 Å². The van der Waals surface area contributed by atoms with E-state index in [4.69, 9.17) is 16.6 Å². The summed E-state index contributed by atoms with van der Waals surface area (Å²) in [6.45, 7) is 15.7. The van der Waals surface area contributed by atoms with Crippen LogP contribution in [0, 0.1) is 18.6 Å². The van der Waals surface area contributed by atoms with E-state index in [2.05, 4.69) is 23.1 Å². The van der Waals surface area contributed by atoms with Gasteiger partial charge in [-0.3, -0.25) is 9.78 Å². The summed E-state index contributed by atoms with van der Waals surface area (Å²) in [5.41, 5.74) is 0.948. The molecule has 43 heavy (non-hydrogen) atoms. The SMILES string of the molecule is C=CC(=O)N1CCN(c2nc(=O)n(-c3c(C(C)C)ncc(F)c3C)c3nc(-c4c(F)cccc4C=C)c(Cl)cc23)[C@@H](C)C1. The molecule has 0 radical (unpaired) electrons. The van der Waals surface area contributed by atoms with Crippen molar-refractivity contribution < 1.29 is 13.6 Å². The maximum absolute atomic E-state index is 15.3. The van der Waals surface area contributed by atoms with E-state index in [0.717, 1.165) is 6.20 Å². The van der Waals surface area contributed by atoms with Crippen molar-refractivity contribution in [3.05, 3.63) is 93.7 Å². The Balaban J connectivity index is 1.87. The molecular formula is C32H31ClF2N6O2. The van der Waals surface area contributed by atoms with Gasteiger partial charge in [-0.25, -0.2) is 23.1 Å². The summed E-state index contributed by atoms with van der Waals surface area (Å²) in [5, 5.41) is 0.527. The van der Waals surface area contributed by atoms with Gasteiger partial charge in [0.1, 0.15) is 17.5 Å². The van der Waals surface area contributed by atoms with Gasteiger partial charge >= 0.3 is 5.69 Å². The van der Waals surface area contributed by atoms with Gasteiger partial charge in [0.2, 0.25) is 5.91 Å². The number of halogens is 3. The Morgan fingerprint density at radius 2 is 1.91 bits per heavy atom. The third-order valence-corrected chi connectivity index (χ3v) is 8.02. The fourth-order valence-corrected chi connectivity index (χ4v) is 5.80. The molecule has 0 aliphatic carbocycles. The number of fused-ring (bicyclic) bond motifs is 1. The Hall–Kier alpha value is -4.44. The molecule has 1 saturated heterocycles. The fraction of sp³-hybridized carbons (Fsp3) is 0.281. The van der Waals surface area contributed by atoms with Gasteiger partial charge in [-0.2, -0.15) is 4.98 Å². The van der Waals surface area contributed by atoms with Crippen LogP contribution in [0.4, 0.5) is 14.6 Å². The lowest BCUT2D eigenvalue weighted by Crippen LogP contribution is -2.54. The number of carbonyl (C=O) groups is 1. The van der Waals surface area contributed by atoms with Crippen LogP contribution in [-0.4, -0.2) is 56.0 Å². The van der Waals surface area contributed by atoms with Crippen molar-refractivity contribution in [2.45, 2.75) is 39.7 Å². The first-order chi connectivity index (χ1) is 20.5. The van der Waals surface area contributed by atoms with E-state index in [1.807, 2.05) is 25.7 Å². The van der Waals surface area contributed by atoms with Gasteiger partial charge in [0.05, 0.1) is 33.7 Å². The van der Waals surface area contributed by atoms with Crippen molar-refractivity contribution in [2.75, 3.05) is 24.5 Å². The minimum atomic E-state index is -0.713. The van der Waals surface area contributed by atoms with Gasteiger partial charge in [-0.1, -0.05) is 56.8 Å². The molecule has 4 aromatic rings. The lowest BCUT2D eigenvalue weighted by Gasteiger charge is -2.40. The Morgan fingerprint density at radius 1 is 1.16 bits per heavy atom. The zero-order chi connectivity index (χ0) is 31.2. The smallest absolute Gasteiger partial charge is 0.350 e. The number of rotatable bonds is 6. The summed E-state index contributed by atoms with van der Waals surface area (Å²) in [6.07, 6.45) is 3.89. The van der Waals surface area contributed by atoms with Crippen molar-refractivity contribution in [1.82, 2.24) is 24.4 Å². The Labute approximate surface area is 253 Å². The summed E-state index contributed by atoms with van der Waals surface area (Å²) < 4.78 is 31.5. The lowest BCUT2D eigenvalue weighted by atomic mass is 10.0. The maximum atomic E-state index is 15.3. The molecule has 5 rings (SSSR count). The number of hydrogen-bond donors (Lipinski definition) is 0. The van der Waals surface area contributed by atoms with Crippen LogP contribution in [0.25, 0.3) is 34.1 Å². The average Bonchev–Trinajstić information content (AvgIpc) is 2.98. The Bertz CT molecular complexity index is 1850. The molecule has 1 aromatic carbocycles. The molecule has 1 fully saturated rings. The zero-order valence-corrected chi connectivity index (χ0v) is 25.1. The number of amides is 1. The number of nitrogens with zero attached hydrogens (tertiary/aromatic N) is 6. The molecule has 8 nitrogen and oxygen atoms in total. The first-order valence-corrected chi connectivity index (χ1v) is 14.2. The molecule has 222 valence electrons. The predicted octanol–water partition coefficient (Wildman–Crippen LogP) is 6.07. The van der Waals surface area contributed by atoms with Gasteiger partial charge in [0.15, 0.2) is 5.65 Å². The zero-order valence-electron chi connectivity index (χ0n) is 24.4. The largest absolute Gasteiger partial charge is 0.355 e. The van der Waals surface area contributed by atoms with Gasteiger partial charge in [-0.15, -0.1) is 0 Å². The van der Waals surface area contributed by atoms with Gasteiger partial charge < -0.3 is 9.80 Å². The molecular weight excluding hydrogens is 574 g/mol. The van der Waals surface area contributed by atoms with Crippen LogP contribution in [0.15, 0.2) is 54.5 Å². The highest BCUT2D eigenvalue weighted by Gasteiger charge is 2.31. The molecule has 0 unspecified atom stereocenters. The number of aromatic nitrogens is 4. The van der Waals surface area contributed by atoms with Crippen LogP contribution in [0.1, 0.15) is 43.5 Å². The van der Waals surface area contributed by atoms with Crippen molar-refractivity contribution in [3.8, 4) is 16.9 Å². The fourth-order valence-electron chi connectivity index (χ4n) is 5.56. The van der Waals surface area contributed by atoms with E-state index < -0.39 is 17.3 Å². The Kier molecular flexibility index (Phi) is 8.16. The highest BCUT2D eigenvalue weighted by atomic mass is 35.5. The van der Waals surface area contributed by atoms with Crippen molar-refractivity contribution in [1.29, 1.82) is 0 Å². The molecule has 0 bridgehead atoms. The van der Waals surface area contributed by atoms with E-state index in [-0.39, 0.29) is 51.0 Å². The number of pyridine rings is 2. The summed E-state index contributed by atoms with van der Waals surface area (Å²) in [7, 11) is 0. The van der Waals surface area contributed by atoms with E-state index in [1.54, 1.807) is 30.0 Å². The minimum absolute atomic E-state index is 0.0926. The quantitative estimate of drug-likeness (QED) is 0.248. The molecule has 1 aliphatic heterocycles.